The molecule has 3 nitrogen and oxygen atoms in total. The Labute approximate surface area is 104 Å². The molecule has 1 aliphatic rings. The summed E-state index contributed by atoms with van der Waals surface area (Å²) < 4.78 is 30.8. The van der Waals surface area contributed by atoms with E-state index in [2.05, 4.69) is 21.6 Å². The van der Waals surface area contributed by atoms with Crippen molar-refractivity contribution >= 4 is 16.7 Å². The van der Waals surface area contributed by atoms with E-state index >= 15 is 0 Å². The number of alkyl halides is 2. The maximum absolute atomic E-state index is 13.3. The summed E-state index contributed by atoms with van der Waals surface area (Å²) in [4.78, 5) is 4.30. The zero-order valence-corrected chi connectivity index (χ0v) is 10.7. The van der Waals surface area contributed by atoms with Gasteiger partial charge in [-0.3, -0.25) is 0 Å². The van der Waals surface area contributed by atoms with E-state index in [1.165, 1.54) is 11.5 Å². The molecular weight excluding hydrogens is 244 g/mol. The fourth-order valence-electron chi connectivity index (χ4n) is 2.10. The molecule has 1 aromatic heterocycles. The molecule has 0 radical (unpaired) electrons. The van der Waals surface area contributed by atoms with E-state index in [9.17, 15) is 8.78 Å². The van der Waals surface area contributed by atoms with E-state index in [1.807, 2.05) is 0 Å². The molecule has 1 atom stereocenters. The summed E-state index contributed by atoms with van der Waals surface area (Å²) in [6.45, 7) is 2.91. The number of aromatic nitrogens is 2. The lowest BCUT2D eigenvalue weighted by molar-refractivity contribution is -0.0416. The van der Waals surface area contributed by atoms with E-state index < -0.39 is 5.92 Å². The smallest absolute Gasteiger partial charge is 0.248 e. The van der Waals surface area contributed by atoms with Crippen molar-refractivity contribution in [2.45, 2.75) is 50.9 Å². The predicted molar refractivity (Wildman–Crippen MR) is 64.8 cm³/mol. The first-order chi connectivity index (χ1) is 8.11. The Bertz CT molecular complexity index is 367. The van der Waals surface area contributed by atoms with Crippen LogP contribution in [0.25, 0.3) is 0 Å². The van der Waals surface area contributed by atoms with Crippen LogP contribution in [0.3, 0.4) is 0 Å². The molecule has 17 heavy (non-hydrogen) atoms. The summed E-state index contributed by atoms with van der Waals surface area (Å²) in [5, 5.41) is 3.88. The number of nitrogens with one attached hydrogen (secondary N) is 1. The molecule has 1 unspecified atom stereocenters. The summed E-state index contributed by atoms with van der Waals surface area (Å²) >= 11 is 1.27. The van der Waals surface area contributed by atoms with Crippen LogP contribution in [0.2, 0.25) is 0 Å². The third-order valence-corrected chi connectivity index (χ3v) is 3.66. The molecule has 0 aliphatic heterocycles. The Morgan fingerprint density at radius 2 is 2.35 bits per heavy atom. The van der Waals surface area contributed by atoms with E-state index in [4.69, 9.17) is 0 Å². The molecule has 1 N–H and O–H groups in total. The highest BCUT2D eigenvalue weighted by Gasteiger charge is 2.38. The second kappa shape index (κ2) is 5.25. The van der Waals surface area contributed by atoms with Crippen LogP contribution in [-0.2, 0) is 0 Å². The number of hydrogen-bond donors (Lipinski definition) is 1. The number of anilines is 1. The van der Waals surface area contributed by atoms with Crippen LogP contribution in [-0.4, -0.2) is 21.8 Å². The SMILES string of the molecule is CCCNc1nc(C2CCCC(F)(F)C2)ns1. The van der Waals surface area contributed by atoms with Crippen LogP contribution in [0.15, 0.2) is 0 Å². The van der Waals surface area contributed by atoms with Crippen LogP contribution >= 0.6 is 11.5 Å². The monoisotopic (exact) mass is 261 g/mol. The standard InChI is InChI=1S/C11H17F2N3S/c1-2-6-14-10-15-9(16-17-10)8-4-3-5-11(12,13)7-8/h8H,2-7H2,1H3,(H,14,15,16). The van der Waals surface area contributed by atoms with E-state index in [0.717, 1.165) is 24.5 Å². The zero-order valence-electron chi connectivity index (χ0n) is 9.88. The van der Waals surface area contributed by atoms with Gasteiger partial charge >= 0.3 is 0 Å². The second-order valence-electron chi connectivity index (χ2n) is 4.53. The van der Waals surface area contributed by atoms with Gasteiger partial charge in [-0.1, -0.05) is 6.92 Å². The number of halogens is 2. The molecule has 1 saturated carbocycles. The summed E-state index contributed by atoms with van der Waals surface area (Å²) in [6.07, 6.45) is 2.26. The molecule has 0 aromatic carbocycles. The highest BCUT2D eigenvalue weighted by Crippen LogP contribution is 2.41. The summed E-state index contributed by atoms with van der Waals surface area (Å²) in [7, 11) is 0. The molecule has 2 rings (SSSR count). The zero-order chi connectivity index (χ0) is 12.3. The fourth-order valence-corrected chi connectivity index (χ4v) is 2.77. The summed E-state index contributed by atoms with van der Waals surface area (Å²) in [6, 6.07) is 0. The van der Waals surface area contributed by atoms with Crippen LogP contribution in [0, 0.1) is 0 Å². The molecule has 0 saturated heterocycles. The molecule has 0 spiro atoms. The van der Waals surface area contributed by atoms with Gasteiger partial charge in [-0.05, 0) is 19.3 Å². The van der Waals surface area contributed by atoms with Crippen molar-refractivity contribution in [1.82, 2.24) is 9.36 Å². The first-order valence-electron chi connectivity index (χ1n) is 6.06. The molecule has 6 heteroatoms. The normalized spacial score (nSPS) is 23.6. The maximum Gasteiger partial charge on any atom is 0.248 e. The van der Waals surface area contributed by atoms with Crippen LogP contribution < -0.4 is 5.32 Å². The van der Waals surface area contributed by atoms with Crippen LogP contribution in [0.4, 0.5) is 13.9 Å². The second-order valence-corrected chi connectivity index (χ2v) is 5.29. The van der Waals surface area contributed by atoms with Gasteiger partial charge in [0.05, 0.1) is 0 Å². The van der Waals surface area contributed by atoms with Gasteiger partial charge in [-0.25, -0.2) is 13.8 Å². The number of nitrogens with zero attached hydrogens (tertiary/aromatic N) is 2. The lowest BCUT2D eigenvalue weighted by Crippen LogP contribution is -2.25. The minimum absolute atomic E-state index is 0.00851. The van der Waals surface area contributed by atoms with Crippen molar-refractivity contribution in [1.29, 1.82) is 0 Å². The Morgan fingerprint density at radius 1 is 1.53 bits per heavy atom. The minimum atomic E-state index is -2.54. The van der Waals surface area contributed by atoms with Gasteiger partial charge in [0.2, 0.25) is 11.1 Å². The highest BCUT2D eigenvalue weighted by atomic mass is 32.1. The lowest BCUT2D eigenvalue weighted by Gasteiger charge is -2.26. The molecule has 0 amide bonds. The van der Waals surface area contributed by atoms with Gasteiger partial charge in [0.15, 0.2) is 0 Å². The highest BCUT2D eigenvalue weighted by molar-refractivity contribution is 7.09. The van der Waals surface area contributed by atoms with Crippen molar-refractivity contribution in [3.05, 3.63) is 5.82 Å². The molecule has 1 heterocycles. The Kier molecular flexibility index (Phi) is 3.91. The van der Waals surface area contributed by atoms with Gasteiger partial charge in [-0.15, -0.1) is 0 Å². The quantitative estimate of drug-likeness (QED) is 0.899. The first-order valence-corrected chi connectivity index (χ1v) is 6.83. The predicted octanol–water partition coefficient (Wildman–Crippen LogP) is 3.65. The molecule has 1 aromatic rings. The molecule has 1 aliphatic carbocycles. The van der Waals surface area contributed by atoms with Gasteiger partial charge < -0.3 is 5.32 Å². The Hall–Kier alpha value is -0.780. The van der Waals surface area contributed by atoms with Crippen molar-refractivity contribution in [2.75, 3.05) is 11.9 Å². The minimum Gasteiger partial charge on any atom is -0.360 e. The van der Waals surface area contributed by atoms with Crippen LogP contribution in [0.5, 0.6) is 0 Å². The number of hydrogen-bond acceptors (Lipinski definition) is 4. The fraction of sp³-hybridized carbons (Fsp3) is 0.818. The molecule has 96 valence electrons. The lowest BCUT2D eigenvalue weighted by atomic mass is 9.86. The van der Waals surface area contributed by atoms with E-state index in [0.29, 0.717) is 12.2 Å². The third-order valence-electron chi connectivity index (χ3n) is 2.97. The van der Waals surface area contributed by atoms with E-state index in [1.54, 1.807) is 0 Å². The van der Waals surface area contributed by atoms with Gasteiger partial charge in [0.25, 0.3) is 0 Å². The topological polar surface area (TPSA) is 37.8 Å². The molecular formula is C11H17F2N3S. The van der Waals surface area contributed by atoms with Gasteiger partial charge in [0.1, 0.15) is 5.82 Å². The van der Waals surface area contributed by atoms with Crippen molar-refractivity contribution in [3.63, 3.8) is 0 Å². The largest absolute Gasteiger partial charge is 0.360 e. The summed E-state index contributed by atoms with van der Waals surface area (Å²) in [5.41, 5.74) is 0. The molecule has 1 fully saturated rings. The van der Waals surface area contributed by atoms with Crippen molar-refractivity contribution < 1.29 is 8.78 Å². The third kappa shape index (κ3) is 3.34. The van der Waals surface area contributed by atoms with Crippen molar-refractivity contribution in [2.24, 2.45) is 0 Å². The molecule has 0 bridgehead atoms. The Morgan fingerprint density at radius 3 is 3.06 bits per heavy atom. The first kappa shape index (κ1) is 12.7. The van der Waals surface area contributed by atoms with Gasteiger partial charge in [-0.2, -0.15) is 4.37 Å². The average Bonchev–Trinajstić information content (AvgIpc) is 2.73. The van der Waals surface area contributed by atoms with Crippen molar-refractivity contribution in [3.8, 4) is 0 Å². The Balaban J connectivity index is 1.99. The summed E-state index contributed by atoms with van der Waals surface area (Å²) in [5.74, 6) is -2.12. The average molecular weight is 261 g/mol. The van der Waals surface area contributed by atoms with Gasteiger partial charge in [0, 0.05) is 36.8 Å². The number of rotatable bonds is 4. The maximum atomic E-state index is 13.3. The van der Waals surface area contributed by atoms with E-state index in [-0.39, 0.29) is 18.8 Å². The van der Waals surface area contributed by atoms with Crippen LogP contribution in [0.1, 0.15) is 50.8 Å².